The number of H-pyrrole nitrogens is 1. The number of hydrogen-bond donors (Lipinski definition) is 1. The number of benzene rings is 1. The van der Waals surface area contributed by atoms with E-state index < -0.39 is 0 Å². The molecule has 68 valence electrons. The number of hydrogen-bond acceptors (Lipinski definition) is 1. The second-order valence-electron chi connectivity index (χ2n) is 3.53. The summed E-state index contributed by atoms with van der Waals surface area (Å²) in [4.78, 5) is 7.62. The van der Waals surface area contributed by atoms with Crippen LogP contribution in [0.2, 0.25) is 0 Å². The molecule has 0 aliphatic rings. The molecule has 0 bridgehead atoms. The van der Waals surface area contributed by atoms with Crippen molar-refractivity contribution in [3.63, 3.8) is 0 Å². The summed E-state index contributed by atoms with van der Waals surface area (Å²) >= 11 is 0. The summed E-state index contributed by atoms with van der Waals surface area (Å²) in [6.45, 7) is 2.09. The minimum absolute atomic E-state index is 1.10. The van der Waals surface area contributed by atoms with Crippen molar-refractivity contribution >= 4 is 21.8 Å². The number of fused-ring (bicyclic) bond motifs is 3. The lowest BCUT2D eigenvalue weighted by Gasteiger charge is -2.02. The van der Waals surface area contributed by atoms with Gasteiger partial charge in [0.05, 0.1) is 5.52 Å². The van der Waals surface area contributed by atoms with Crippen molar-refractivity contribution in [1.82, 2.24) is 9.97 Å². The van der Waals surface area contributed by atoms with E-state index >= 15 is 0 Å². The highest BCUT2D eigenvalue weighted by Crippen LogP contribution is 2.25. The third-order valence-corrected chi connectivity index (χ3v) is 2.61. The van der Waals surface area contributed by atoms with Crippen LogP contribution in [0.25, 0.3) is 21.8 Å². The van der Waals surface area contributed by atoms with Gasteiger partial charge in [0.15, 0.2) is 0 Å². The molecule has 2 nitrogen and oxygen atoms in total. The molecule has 2 heteroatoms. The minimum atomic E-state index is 1.10. The van der Waals surface area contributed by atoms with Gasteiger partial charge in [-0.15, -0.1) is 0 Å². The van der Waals surface area contributed by atoms with Crippen LogP contribution in [-0.4, -0.2) is 9.97 Å². The van der Waals surface area contributed by atoms with Gasteiger partial charge < -0.3 is 4.98 Å². The fourth-order valence-electron chi connectivity index (χ4n) is 1.96. The molecule has 0 fully saturated rings. The highest BCUT2D eigenvalue weighted by atomic mass is 14.7. The Morgan fingerprint density at radius 3 is 3.07 bits per heavy atom. The first kappa shape index (κ1) is 7.56. The van der Waals surface area contributed by atoms with Gasteiger partial charge in [-0.1, -0.05) is 6.07 Å². The summed E-state index contributed by atoms with van der Waals surface area (Å²) in [5.74, 6) is 0. The summed E-state index contributed by atoms with van der Waals surface area (Å²) in [6, 6.07) is 8.34. The molecule has 3 rings (SSSR count). The summed E-state index contributed by atoms with van der Waals surface area (Å²) in [5.41, 5.74) is 3.50. The quantitative estimate of drug-likeness (QED) is 0.568. The predicted molar refractivity (Wildman–Crippen MR) is 58.3 cm³/mol. The van der Waals surface area contributed by atoms with Crippen molar-refractivity contribution in [3.8, 4) is 0 Å². The summed E-state index contributed by atoms with van der Waals surface area (Å²) in [5, 5.41) is 2.47. The molecule has 0 amide bonds. The molecule has 0 aliphatic carbocycles. The highest BCUT2D eigenvalue weighted by Gasteiger charge is 2.03. The van der Waals surface area contributed by atoms with Gasteiger partial charge in [-0.05, 0) is 30.7 Å². The third-order valence-electron chi connectivity index (χ3n) is 2.61. The monoisotopic (exact) mass is 182 g/mol. The zero-order valence-electron chi connectivity index (χ0n) is 7.91. The molecule has 2 aromatic heterocycles. The van der Waals surface area contributed by atoms with Crippen LogP contribution in [-0.2, 0) is 0 Å². The van der Waals surface area contributed by atoms with E-state index in [1.165, 1.54) is 21.9 Å². The van der Waals surface area contributed by atoms with Crippen LogP contribution in [0.15, 0.2) is 36.7 Å². The van der Waals surface area contributed by atoms with E-state index in [4.69, 9.17) is 0 Å². The SMILES string of the molecule is Cc1cc2[nH]ccc2c2cccnc12. The lowest BCUT2D eigenvalue weighted by molar-refractivity contribution is 1.37. The van der Waals surface area contributed by atoms with Gasteiger partial charge in [-0.3, -0.25) is 4.98 Å². The van der Waals surface area contributed by atoms with Gasteiger partial charge in [-0.2, -0.15) is 0 Å². The van der Waals surface area contributed by atoms with Crippen LogP contribution in [0.1, 0.15) is 5.56 Å². The number of aromatic nitrogens is 2. The van der Waals surface area contributed by atoms with Crippen LogP contribution in [0.3, 0.4) is 0 Å². The first-order valence-electron chi connectivity index (χ1n) is 4.68. The Balaban J connectivity index is 2.67. The van der Waals surface area contributed by atoms with Gasteiger partial charge in [-0.25, -0.2) is 0 Å². The molecule has 0 aliphatic heterocycles. The molecular weight excluding hydrogens is 172 g/mol. The van der Waals surface area contributed by atoms with Gasteiger partial charge >= 0.3 is 0 Å². The Morgan fingerprint density at radius 1 is 1.21 bits per heavy atom. The van der Waals surface area contributed by atoms with Crippen LogP contribution >= 0.6 is 0 Å². The molecule has 1 aromatic carbocycles. The molecule has 0 radical (unpaired) electrons. The van der Waals surface area contributed by atoms with Gasteiger partial charge in [0.2, 0.25) is 0 Å². The molecule has 1 N–H and O–H groups in total. The van der Waals surface area contributed by atoms with Gasteiger partial charge in [0.1, 0.15) is 0 Å². The number of aryl methyl sites for hydroxylation is 1. The van der Waals surface area contributed by atoms with Crippen LogP contribution in [0.4, 0.5) is 0 Å². The second kappa shape index (κ2) is 2.58. The number of nitrogens with one attached hydrogen (secondary N) is 1. The van der Waals surface area contributed by atoms with Crippen molar-refractivity contribution in [2.45, 2.75) is 6.92 Å². The van der Waals surface area contributed by atoms with E-state index in [-0.39, 0.29) is 0 Å². The highest BCUT2D eigenvalue weighted by molar-refractivity contribution is 6.06. The van der Waals surface area contributed by atoms with Gasteiger partial charge in [0.25, 0.3) is 0 Å². The first-order chi connectivity index (χ1) is 6.86. The minimum Gasteiger partial charge on any atom is -0.361 e. The number of rotatable bonds is 0. The van der Waals surface area contributed by atoms with E-state index in [9.17, 15) is 0 Å². The lowest BCUT2D eigenvalue weighted by atomic mass is 10.1. The maximum Gasteiger partial charge on any atom is 0.0738 e. The van der Waals surface area contributed by atoms with Crippen molar-refractivity contribution in [2.75, 3.05) is 0 Å². The average Bonchev–Trinajstić information content (AvgIpc) is 2.66. The molecule has 0 unspecified atom stereocenters. The Labute approximate surface area is 81.6 Å². The van der Waals surface area contributed by atoms with E-state index in [1.807, 2.05) is 18.5 Å². The molecule has 0 saturated heterocycles. The average molecular weight is 182 g/mol. The third kappa shape index (κ3) is 0.880. The largest absolute Gasteiger partial charge is 0.361 e. The zero-order chi connectivity index (χ0) is 9.54. The maximum atomic E-state index is 4.40. The smallest absolute Gasteiger partial charge is 0.0738 e. The summed E-state index contributed by atoms with van der Waals surface area (Å²) < 4.78 is 0. The summed E-state index contributed by atoms with van der Waals surface area (Å²) in [6.07, 6.45) is 3.81. The van der Waals surface area contributed by atoms with E-state index in [0.29, 0.717) is 0 Å². The Kier molecular flexibility index (Phi) is 1.39. The van der Waals surface area contributed by atoms with E-state index in [0.717, 1.165) is 5.52 Å². The summed E-state index contributed by atoms with van der Waals surface area (Å²) in [7, 11) is 0. The fraction of sp³-hybridized carbons (Fsp3) is 0.0833. The Bertz CT molecular complexity index is 608. The molecule has 2 heterocycles. The van der Waals surface area contributed by atoms with E-state index in [2.05, 4.69) is 35.1 Å². The van der Waals surface area contributed by atoms with Crippen molar-refractivity contribution in [1.29, 1.82) is 0 Å². The molecule has 3 aromatic rings. The fourth-order valence-corrected chi connectivity index (χ4v) is 1.96. The van der Waals surface area contributed by atoms with Crippen LogP contribution < -0.4 is 0 Å². The number of aromatic amines is 1. The second-order valence-corrected chi connectivity index (χ2v) is 3.53. The van der Waals surface area contributed by atoms with Crippen molar-refractivity contribution < 1.29 is 0 Å². The van der Waals surface area contributed by atoms with Crippen LogP contribution in [0.5, 0.6) is 0 Å². The van der Waals surface area contributed by atoms with Gasteiger partial charge in [0, 0.05) is 28.7 Å². The Morgan fingerprint density at radius 2 is 2.14 bits per heavy atom. The maximum absolute atomic E-state index is 4.40. The molecule has 0 atom stereocenters. The molecular formula is C12H10N2. The first-order valence-corrected chi connectivity index (χ1v) is 4.68. The molecule has 14 heavy (non-hydrogen) atoms. The Hall–Kier alpha value is -1.83. The van der Waals surface area contributed by atoms with Crippen molar-refractivity contribution in [2.24, 2.45) is 0 Å². The topological polar surface area (TPSA) is 28.7 Å². The predicted octanol–water partition coefficient (Wildman–Crippen LogP) is 3.02. The number of pyridine rings is 1. The van der Waals surface area contributed by atoms with E-state index in [1.54, 1.807) is 0 Å². The molecule has 0 spiro atoms. The lowest BCUT2D eigenvalue weighted by Crippen LogP contribution is -1.83. The van der Waals surface area contributed by atoms with Crippen molar-refractivity contribution in [3.05, 3.63) is 42.2 Å². The van der Waals surface area contributed by atoms with Crippen LogP contribution in [0, 0.1) is 6.92 Å². The zero-order valence-corrected chi connectivity index (χ0v) is 7.91. The standard InChI is InChI=1S/C12H10N2/c1-8-7-11-9(4-6-13-11)10-3-2-5-14-12(8)10/h2-7,13H,1H3. The number of nitrogens with zero attached hydrogens (tertiary/aromatic N) is 1. The normalized spacial score (nSPS) is 11.2. The molecule has 0 saturated carbocycles.